The van der Waals surface area contributed by atoms with E-state index >= 15 is 0 Å². The van der Waals surface area contributed by atoms with Gasteiger partial charge in [0.05, 0.1) is 9.79 Å². The molecule has 0 aromatic heterocycles. The van der Waals surface area contributed by atoms with Gasteiger partial charge in [-0.2, -0.15) is 0 Å². The minimum Gasteiger partial charge on any atom is -0.744 e. The van der Waals surface area contributed by atoms with Crippen LogP contribution in [-0.4, -0.2) is 25.9 Å². The minimum absolute atomic E-state index is 0. The summed E-state index contributed by atoms with van der Waals surface area (Å²) in [5.41, 5.74) is 1.14. The Bertz CT molecular complexity index is 1330. The third-order valence-corrected chi connectivity index (χ3v) is 10.2. The first kappa shape index (κ1) is 47.1. The maximum Gasteiger partial charge on any atom is 1.00 e. The van der Waals surface area contributed by atoms with Crippen molar-refractivity contribution in [3.8, 4) is 11.5 Å². The van der Waals surface area contributed by atoms with Gasteiger partial charge in [-0.25, -0.2) is 16.8 Å². The topological polar surface area (TPSA) is 124 Å². The van der Waals surface area contributed by atoms with E-state index in [0.29, 0.717) is 18.4 Å². The van der Waals surface area contributed by atoms with Gasteiger partial charge in [0.15, 0.2) is 0 Å². The molecule has 2 aromatic carbocycles. The molecule has 0 aliphatic rings. The molecule has 0 heterocycles. The van der Waals surface area contributed by atoms with Crippen molar-refractivity contribution in [2.45, 2.75) is 165 Å². The Labute approximate surface area is 330 Å². The predicted molar refractivity (Wildman–Crippen MR) is 180 cm³/mol. The first-order chi connectivity index (χ1) is 21.6. The smallest absolute Gasteiger partial charge is 0.744 e. The molecule has 0 bridgehead atoms. The van der Waals surface area contributed by atoms with Crippen LogP contribution in [0.25, 0.3) is 0 Å². The van der Waals surface area contributed by atoms with Crippen LogP contribution in [0.1, 0.15) is 153 Å². The predicted octanol–water partition coefficient (Wildman–Crippen LogP) is 4.22. The van der Waals surface area contributed by atoms with Gasteiger partial charge in [0.2, 0.25) is 0 Å². The summed E-state index contributed by atoms with van der Waals surface area (Å²) in [6.45, 7) is 4.42. The molecule has 2 aromatic rings. The number of rotatable bonds is 26. The molecule has 0 unspecified atom stereocenters. The van der Waals surface area contributed by atoms with E-state index in [4.69, 9.17) is 4.74 Å². The molecule has 0 spiro atoms. The fraction of sp³-hybridized carbons (Fsp3) is 0.667. The molecule has 11 heteroatoms. The fourth-order valence-electron chi connectivity index (χ4n) is 5.77. The Morgan fingerprint density at radius 3 is 1.38 bits per heavy atom. The Morgan fingerprint density at radius 1 is 0.511 bits per heavy atom. The van der Waals surface area contributed by atoms with Crippen molar-refractivity contribution in [2.75, 3.05) is 0 Å². The van der Waals surface area contributed by atoms with E-state index in [1.165, 1.54) is 102 Å². The molecule has 0 radical (unpaired) electrons. The summed E-state index contributed by atoms with van der Waals surface area (Å²) in [5, 5.41) is 0. The van der Waals surface area contributed by atoms with E-state index in [1.807, 2.05) is 0 Å². The van der Waals surface area contributed by atoms with Crippen LogP contribution in [0.2, 0.25) is 0 Å². The second-order valence-corrected chi connectivity index (χ2v) is 15.1. The molecule has 256 valence electrons. The van der Waals surface area contributed by atoms with Gasteiger partial charge in [-0.3, -0.25) is 0 Å². The molecular weight excluding hydrogens is 655 g/mol. The largest absolute Gasteiger partial charge is 1.00 e. The zero-order valence-electron chi connectivity index (χ0n) is 29.7. The third kappa shape index (κ3) is 20.5. The normalized spacial score (nSPS) is 11.6. The van der Waals surface area contributed by atoms with Gasteiger partial charge in [-0.05, 0) is 61.1 Å². The SMILES string of the molecule is CCCCCCCCCCCCc1ccc(Oc2ccc(CCCCCCCCCCCC)c(S(=O)(=O)[O-])c2)c(S(=O)(=O)[O-])c1.[Na+].[Na+]. The summed E-state index contributed by atoms with van der Waals surface area (Å²) in [7, 11) is -9.65. The molecule has 0 N–H and O–H groups in total. The van der Waals surface area contributed by atoms with Crippen LogP contribution in [0.3, 0.4) is 0 Å². The van der Waals surface area contributed by atoms with Crippen molar-refractivity contribution in [2.24, 2.45) is 0 Å². The number of unbranched alkanes of at least 4 members (excludes halogenated alkanes) is 18. The number of hydrogen-bond acceptors (Lipinski definition) is 7. The van der Waals surface area contributed by atoms with E-state index in [0.717, 1.165) is 56.6 Å². The van der Waals surface area contributed by atoms with Crippen LogP contribution in [0, 0.1) is 0 Å². The van der Waals surface area contributed by atoms with Crippen LogP contribution in [0.4, 0.5) is 0 Å². The zero-order valence-corrected chi connectivity index (χ0v) is 35.3. The van der Waals surface area contributed by atoms with Crippen LogP contribution >= 0.6 is 0 Å². The van der Waals surface area contributed by atoms with Gasteiger partial charge in [-0.1, -0.05) is 142 Å². The Balaban J connectivity index is 0.0000106. The van der Waals surface area contributed by atoms with E-state index in [9.17, 15) is 25.9 Å². The summed E-state index contributed by atoms with van der Waals surface area (Å²) in [5.74, 6) is -0.197. The second-order valence-electron chi connectivity index (χ2n) is 12.4. The van der Waals surface area contributed by atoms with Gasteiger partial charge in [0.1, 0.15) is 31.7 Å². The molecule has 0 fully saturated rings. The second kappa shape index (κ2) is 26.8. The molecule has 0 aliphatic heterocycles. The van der Waals surface area contributed by atoms with E-state index < -0.39 is 25.1 Å². The standard InChI is InChI=1S/C36H58O7S2.2Na/c1-3-5-7-9-11-13-15-17-19-21-23-31-25-28-34(36(29-31)45(40,41)42)43-33-27-26-32(35(30-33)44(37,38)39)24-22-20-18-16-14-12-10-8-6-4-2;;/h25-30H,3-24H2,1-2H3,(H,37,38,39)(H,40,41,42);;/q;2*+1/p-2. The van der Waals surface area contributed by atoms with E-state index in [1.54, 1.807) is 12.1 Å². The molecule has 0 saturated carbocycles. The first-order valence-electron chi connectivity index (χ1n) is 17.4. The van der Waals surface area contributed by atoms with Crippen LogP contribution < -0.4 is 63.9 Å². The van der Waals surface area contributed by atoms with Crippen molar-refractivity contribution in [3.05, 3.63) is 47.5 Å². The Kier molecular flexibility index (Phi) is 26.8. The number of aryl methyl sites for hydroxylation is 2. The van der Waals surface area contributed by atoms with Gasteiger partial charge >= 0.3 is 59.1 Å². The fourth-order valence-corrected chi connectivity index (χ4v) is 7.18. The first-order valence-corrected chi connectivity index (χ1v) is 20.2. The monoisotopic (exact) mass is 710 g/mol. The Hall–Kier alpha value is 0.0600. The molecule has 7 nitrogen and oxygen atoms in total. The summed E-state index contributed by atoms with van der Waals surface area (Å²) in [6.07, 6.45) is 24.5. The average Bonchev–Trinajstić information content (AvgIpc) is 2.99. The molecule has 0 saturated heterocycles. The summed E-state index contributed by atoms with van der Waals surface area (Å²) in [4.78, 5) is -0.868. The summed E-state index contributed by atoms with van der Waals surface area (Å²) < 4.78 is 78.3. The maximum atomic E-state index is 12.1. The molecule has 2 rings (SSSR count). The number of hydrogen-bond donors (Lipinski definition) is 0. The number of ether oxygens (including phenoxy) is 1. The van der Waals surface area contributed by atoms with Crippen LogP contribution in [0.5, 0.6) is 11.5 Å². The maximum absolute atomic E-state index is 12.1. The van der Waals surface area contributed by atoms with Crippen molar-refractivity contribution in [1.29, 1.82) is 0 Å². The number of benzene rings is 2. The molecule has 47 heavy (non-hydrogen) atoms. The molecule has 0 aliphatic carbocycles. The Morgan fingerprint density at radius 2 is 0.936 bits per heavy atom. The van der Waals surface area contributed by atoms with Gasteiger partial charge in [0, 0.05) is 0 Å². The molecule has 0 atom stereocenters. The molecular formula is C36H56Na2O7S2. The zero-order chi connectivity index (χ0) is 33.0. The third-order valence-electron chi connectivity index (χ3n) is 8.43. The molecule has 0 amide bonds. The van der Waals surface area contributed by atoms with Gasteiger partial charge < -0.3 is 13.8 Å². The van der Waals surface area contributed by atoms with E-state index in [2.05, 4.69) is 13.8 Å². The van der Waals surface area contributed by atoms with Crippen LogP contribution in [0.15, 0.2) is 46.2 Å². The van der Waals surface area contributed by atoms with E-state index in [-0.39, 0.29) is 75.5 Å². The quantitative estimate of drug-likeness (QED) is 0.0814. The van der Waals surface area contributed by atoms with Crippen LogP contribution in [-0.2, 0) is 33.1 Å². The average molecular weight is 711 g/mol. The summed E-state index contributed by atoms with van der Waals surface area (Å²) >= 11 is 0. The van der Waals surface area contributed by atoms with Crippen molar-refractivity contribution < 1.29 is 89.8 Å². The van der Waals surface area contributed by atoms with Gasteiger partial charge in [0.25, 0.3) is 0 Å². The van der Waals surface area contributed by atoms with Crippen molar-refractivity contribution >= 4 is 20.2 Å². The van der Waals surface area contributed by atoms with Crippen molar-refractivity contribution in [1.82, 2.24) is 0 Å². The minimum atomic E-state index is -4.86. The summed E-state index contributed by atoms with van der Waals surface area (Å²) in [6, 6.07) is 8.68. The van der Waals surface area contributed by atoms with Gasteiger partial charge in [-0.15, -0.1) is 0 Å². The van der Waals surface area contributed by atoms with Crippen molar-refractivity contribution in [3.63, 3.8) is 0 Å².